The Morgan fingerprint density at radius 2 is 1.89 bits per heavy atom. The fourth-order valence-corrected chi connectivity index (χ4v) is 1.54. The van der Waals surface area contributed by atoms with Crippen LogP contribution >= 0.6 is 0 Å². The van der Waals surface area contributed by atoms with E-state index < -0.39 is 29.9 Å². The first kappa shape index (κ1) is 14.5. The minimum absolute atomic E-state index is 0.354. The Balaban J connectivity index is 2.79. The molecule has 0 aromatic heterocycles. The van der Waals surface area contributed by atoms with E-state index in [0.29, 0.717) is 0 Å². The van der Waals surface area contributed by atoms with Gasteiger partial charge in [0.2, 0.25) is 0 Å². The van der Waals surface area contributed by atoms with Crippen LogP contribution in [0.5, 0.6) is 0 Å². The minimum Gasteiger partial charge on any atom is -0.354 e. The van der Waals surface area contributed by atoms with Crippen molar-refractivity contribution in [3.8, 4) is 0 Å². The highest BCUT2D eigenvalue weighted by molar-refractivity contribution is 5.94. The van der Waals surface area contributed by atoms with Gasteiger partial charge in [0.15, 0.2) is 17.9 Å². The van der Waals surface area contributed by atoms with E-state index in [2.05, 4.69) is 5.32 Å². The quantitative estimate of drug-likeness (QED) is 0.819. The molecule has 18 heavy (non-hydrogen) atoms. The molecule has 1 amide bonds. The van der Waals surface area contributed by atoms with Crippen LogP contribution in [-0.4, -0.2) is 32.5 Å². The van der Waals surface area contributed by atoms with Crippen LogP contribution in [0.2, 0.25) is 0 Å². The Labute approximate surface area is 104 Å². The Bertz CT molecular complexity index is 422. The van der Waals surface area contributed by atoms with Crippen molar-refractivity contribution < 1.29 is 23.0 Å². The van der Waals surface area contributed by atoms with Gasteiger partial charge in [0.1, 0.15) is 0 Å². The molecule has 0 aliphatic heterocycles. The Kier molecular flexibility index (Phi) is 5.18. The largest absolute Gasteiger partial charge is 0.354 e. The second-order valence-corrected chi connectivity index (χ2v) is 3.70. The van der Waals surface area contributed by atoms with Gasteiger partial charge in [-0.05, 0) is 19.1 Å². The topological polar surface area (TPSA) is 47.6 Å². The molecule has 1 rings (SSSR count). The van der Waals surface area contributed by atoms with Gasteiger partial charge in [-0.2, -0.15) is 0 Å². The van der Waals surface area contributed by atoms with Gasteiger partial charge in [-0.3, -0.25) is 4.79 Å². The van der Waals surface area contributed by atoms with E-state index in [9.17, 15) is 13.6 Å². The molecular weight excluding hydrogens is 244 g/mol. The second-order valence-electron chi connectivity index (χ2n) is 3.70. The van der Waals surface area contributed by atoms with Crippen LogP contribution in [0.3, 0.4) is 0 Å². The van der Waals surface area contributed by atoms with Crippen molar-refractivity contribution in [2.24, 2.45) is 0 Å². The molecule has 0 spiro atoms. The van der Waals surface area contributed by atoms with Gasteiger partial charge in [0.05, 0.1) is 11.6 Å². The number of rotatable bonds is 5. The maximum Gasteiger partial charge on any atom is 0.254 e. The highest BCUT2D eigenvalue weighted by atomic mass is 19.2. The lowest BCUT2D eigenvalue weighted by Gasteiger charge is -2.22. The summed E-state index contributed by atoms with van der Waals surface area (Å²) in [6.45, 7) is 1.63. The standard InChI is InChI=1S/C12H15F2NO3/c1-7(12(17-2)18-3)15-11(16)8-5-4-6-9(13)10(8)14/h4-7,12H,1-3H3,(H,15,16). The summed E-state index contributed by atoms with van der Waals surface area (Å²) in [6.07, 6.45) is -0.662. The molecule has 4 nitrogen and oxygen atoms in total. The van der Waals surface area contributed by atoms with Crippen LogP contribution in [0.1, 0.15) is 17.3 Å². The lowest BCUT2D eigenvalue weighted by molar-refractivity contribution is -0.117. The van der Waals surface area contributed by atoms with Crippen molar-refractivity contribution >= 4 is 5.91 Å². The van der Waals surface area contributed by atoms with E-state index >= 15 is 0 Å². The smallest absolute Gasteiger partial charge is 0.254 e. The number of benzene rings is 1. The summed E-state index contributed by atoms with van der Waals surface area (Å²) in [5.41, 5.74) is -0.354. The third-order valence-electron chi connectivity index (χ3n) is 2.43. The summed E-state index contributed by atoms with van der Waals surface area (Å²) in [4.78, 5) is 11.7. The summed E-state index contributed by atoms with van der Waals surface area (Å²) >= 11 is 0. The first-order valence-electron chi connectivity index (χ1n) is 5.31. The van der Waals surface area contributed by atoms with Gasteiger partial charge < -0.3 is 14.8 Å². The Morgan fingerprint density at radius 1 is 1.28 bits per heavy atom. The highest BCUT2D eigenvalue weighted by Crippen LogP contribution is 2.11. The van der Waals surface area contributed by atoms with Gasteiger partial charge in [-0.1, -0.05) is 6.07 Å². The zero-order chi connectivity index (χ0) is 13.7. The summed E-state index contributed by atoms with van der Waals surface area (Å²) in [7, 11) is 2.83. The number of halogens is 2. The number of hydrogen-bond donors (Lipinski definition) is 1. The van der Waals surface area contributed by atoms with Crippen LogP contribution < -0.4 is 5.32 Å². The first-order valence-corrected chi connectivity index (χ1v) is 5.31. The number of nitrogens with one attached hydrogen (secondary N) is 1. The lowest BCUT2D eigenvalue weighted by atomic mass is 10.1. The van der Waals surface area contributed by atoms with E-state index in [-0.39, 0.29) is 5.56 Å². The molecule has 6 heteroatoms. The molecule has 100 valence electrons. The molecule has 0 saturated carbocycles. The van der Waals surface area contributed by atoms with Crippen LogP contribution in [-0.2, 0) is 9.47 Å². The second kappa shape index (κ2) is 6.42. The number of methoxy groups -OCH3 is 2. The Morgan fingerprint density at radius 3 is 2.44 bits per heavy atom. The van der Waals surface area contributed by atoms with Crippen LogP contribution in [0.15, 0.2) is 18.2 Å². The predicted octanol–water partition coefficient (Wildman–Crippen LogP) is 1.70. The van der Waals surface area contributed by atoms with E-state index in [1.165, 1.54) is 26.4 Å². The monoisotopic (exact) mass is 259 g/mol. The van der Waals surface area contributed by atoms with Crippen LogP contribution in [0.4, 0.5) is 8.78 Å². The third-order valence-corrected chi connectivity index (χ3v) is 2.43. The van der Waals surface area contributed by atoms with E-state index in [1.54, 1.807) is 6.92 Å². The molecule has 1 aromatic carbocycles. The summed E-state index contributed by atoms with van der Waals surface area (Å²) < 4.78 is 36.2. The SMILES string of the molecule is COC(OC)C(C)NC(=O)c1cccc(F)c1F. The lowest BCUT2D eigenvalue weighted by Crippen LogP contribution is -2.43. The fraction of sp³-hybridized carbons (Fsp3) is 0.417. The maximum atomic E-state index is 13.4. The van der Waals surface area contributed by atoms with Crippen molar-refractivity contribution in [2.45, 2.75) is 19.3 Å². The fourth-order valence-electron chi connectivity index (χ4n) is 1.54. The van der Waals surface area contributed by atoms with Crippen molar-refractivity contribution in [2.75, 3.05) is 14.2 Å². The molecule has 1 atom stereocenters. The number of hydrogen-bond acceptors (Lipinski definition) is 3. The molecule has 1 unspecified atom stereocenters. The van der Waals surface area contributed by atoms with E-state index in [1.807, 2.05) is 0 Å². The first-order chi connectivity index (χ1) is 8.51. The van der Waals surface area contributed by atoms with Crippen LogP contribution in [0.25, 0.3) is 0 Å². The summed E-state index contributed by atoms with van der Waals surface area (Å²) in [5.74, 6) is -2.96. The molecule has 0 radical (unpaired) electrons. The normalized spacial score (nSPS) is 12.6. The molecule has 0 saturated heterocycles. The number of carbonyl (C=O) groups is 1. The molecule has 1 aromatic rings. The molecule has 0 aliphatic rings. The van der Waals surface area contributed by atoms with Crippen molar-refractivity contribution in [3.05, 3.63) is 35.4 Å². The summed E-state index contributed by atoms with van der Waals surface area (Å²) in [5, 5.41) is 2.47. The van der Waals surface area contributed by atoms with E-state index in [4.69, 9.17) is 9.47 Å². The molecule has 0 bridgehead atoms. The Hall–Kier alpha value is -1.53. The molecule has 1 N–H and O–H groups in total. The van der Waals surface area contributed by atoms with Crippen molar-refractivity contribution in [1.82, 2.24) is 5.32 Å². The average Bonchev–Trinajstić information content (AvgIpc) is 2.34. The molecule has 0 fully saturated rings. The number of ether oxygens (including phenoxy) is 2. The van der Waals surface area contributed by atoms with Gasteiger partial charge in [0, 0.05) is 14.2 Å². The molecular formula is C12H15F2NO3. The average molecular weight is 259 g/mol. The predicted molar refractivity (Wildman–Crippen MR) is 61.1 cm³/mol. The highest BCUT2D eigenvalue weighted by Gasteiger charge is 2.21. The van der Waals surface area contributed by atoms with E-state index in [0.717, 1.165) is 6.07 Å². The maximum absolute atomic E-state index is 13.4. The summed E-state index contributed by atoms with van der Waals surface area (Å²) in [6, 6.07) is 2.91. The molecule has 0 heterocycles. The van der Waals surface area contributed by atoms with Gasteiger partial charge in [-0.25, -0.2) is 8.78 Å². The zero-order valence-electron chi connectivity index (χ0n) is 10.4. The minimum atomic E-state index is -1.17. The van der Waals surface area contributed by atoms with Gasteiger partial charge >= 0.3 is 0 Å². The van der Waals surface area contributed by atoms with Crippen molar-refractivity contribution in [3.63, 3.8) is 0 Å². The number of carbonyl (C=O) groups excluding carboxylic acids is 1. The molecule has 0 aliphatic carbocycles. The van der Waals surface area contributed by atoms with Crippen LogP contribution in [0, 0.1) is 11.6 Å². The third kappa shape index (κ3) is 3.24. The van der Waals surface area contributed by atoms with Crippen molar-refractivity contribution in [1.29, 1.82) is 0 Å². The van der Waals surface area contributed by atoms with Gasteiger partial charge in [-0.15, -0.1) is 0 Å². The number of amides is 1. The zero-order valence-corrected chi connectivity index (χ0v) is 10.4. The van der Waals surface area contributed by atoms with Gasteiger partial charge in [0.25, 0.3) is 5.91 Å².